The first-order valence-corrected chi connectivity index (χ1v) is 8.61. The molecule has 0 aliphatic carbocycles. The van der Waals surface area contributed by atoms with Crippen LogP contribution >= 0.6 is 0 Å². The Kier molecular flexibility index (Phi) is 4.93. The minimum Gasteiger partial charge on any atom is -0.478 e. The van der Waals surface area contributed by atoms with Crippen molar-refractivity contribution in [2.24, 2.45) is 0 Å². The average molecular weight is 354 g/mol. The molecule has 0 amide bonds. The Morgan fingerprint density at radius 1 is 1.12 bits per heavy atom. The third-order valence-corrected chi connectivity index (χ3v) is 4.77. The molecule has 2 aromatic rings. The topological polar surface area (TPSA) is 79.7 Å². The summed E-state index contributed by atoms with van der Waals surface area (Å²) in [5.41, 5.74) is 0.426. The van der Waals surface area contributed by atoms with Gasteiger partial charge in [-0.2, -0.15) is 0 Å². The average Bonchev–Trinajstić information content (AvgIpc) is 2.64. The first kappa shape index (κ1) is 17.9. The number of aryl methyl sites for hydroxylation is 1. The van der Waals surface area contributed by atoms with Crippen molar-refractivity contribution in [1.29, 1.82) is 0 Å². The van der Waals surface area contributed by atoms with Crippen LogP contribution in [-0.2, 0) is 4.79 Å². The van der Waals surface area contributed by atoms with Gasteiger partial charge >= 0.3 is 5.97 Å². The fourth-order valence-electron chi connectivity index (χ4n) is 3.07. The summed E-state index contributed by atoms with van der Waals surface area (Å²) in [6.45, 7) is 4.51. The summed E-state index contributed by atoms with van der Waals surface area (Å²) >= 11 is 0. The molecule has 136 valence electrons. The first-order valence-electron chi connectivity index (χ1n) is 8.61. The molecule has 0 atom stereocenters. The van der Waals surface area contributed by atoms with Crippen molar-refractivity contribution >= 4 is 17.6 Å². The molecule has 1 aromatic heterocycles. The van der Waals surface area contributed by atoms with E-state index in [9.17, 15) is 14.7 Å². The number of Topliss-reactive ketones (excluding diaryl/α,β-unsaturated/α-hetero) is 1. The molecule has 0 spiro atoms. The molecule has 1 fully saturated rings. The number of anilines is 1. The highest BCUT2D eigenvalue weighted by Crippen LogP contribution is 2.31. The minimum atomic E-state index is -1.23. The lowest BCUT2D eigenvalue weighted by Crippen LogP contribution is -2.53. The Morgan fingerprint density at radius 2 is 1.77 bits per heavy atom. The van der Waals surface area contributed by atoms with Crippen LogP contribution in [0.2, 0.25) is 0 Å². The van der Waals surface area contributed by atoms with Gasteiger partial charge in [-0.3, -0.25) is 4.79 Å². The van der Waals surface area contributed by atoms with Crippen molar-refractivity contribution < 1.29 is 19.4 Å². The standard InChI is InChI=1S/C20H22N2O4/c1-14-3-6-17(7-4-14)26-20(19(24)25)9-11-22(12-10-20)18-8-5-16(13-21-18)15(2)23/h3-8,13H,9-12H2,1-2H3,(H,24,25). The summed E-state index contributed by atoms with van der Waals surface area (Å²) in [7, 11) is 0. The molecule has 1 saturated heterocycles. The largest absolute Gasteiger partial charge is 0.478 e. The molecule has 1 aliphatic rings. The molecule has 0 saturated carbocycles. The van der Waals surface area contributed by atoms with Crippen molar-refractivity contribution in [2.75, 3.05) is 18.0 Å². The lowest BCUT2D eigenvalue weighted by Gasteiger charge is -2.39. The van der Waals surface area contributed by atoms with Gasteiger partial charge in [0.05, 0.1) is 0 Å². The fourth-order valence-corrected chi connectivity index (χ4v) is 3.07. The van der Waals surface area contributed by atoms with Crippen LogP contribution in [0.5, 0.6) is 5.75 Å². The Bertz CT molecular complexity index is 792. The Morgan fingerprint density at radius 3 is 2.27 bits per heavy atom. The second kappa shape index (κ2) is 7.15. The maximum Gasteiger partial charge on any atom is 0.348 e. The Labute approximate surface area is 152 Å². The van der Waals surface area contributed by atoms with Crippen LogP contribution in [0.4, 0.5) is 5.82 Å². The smallest absolute Gasteiger partial charge is 0.348 e. The van der Waals surface area contributed by atoms with Crippen LogP contribution in [0.3, 0.4) is 0 Å². The highest BCUT2D eigenvalue weighted by molar-refractivity contribution is 5.93. The highest BCUT2D eigenvalue weighted by Gasteiger charge is 2.44. The predicted octanol–water partition coefficient (Wildman–Crippen LogP) is 3.10. The summed E-state index contributed by atoms with van der Waals surface area (Å²) in [4.78, 5) is 29.6. The molecule has 3 rings (SSSR count). The fraction of sp³-hybridized carbons (Fsp3) is 0.350. The van der Waals surface area contributed by atoms with Gasteiger partial charge in [0, 0.05) is 37.7 Å². The van der Waals surface area contributed by atoms with Gasteiger partial charge in [-0.25, -0.2) is 9.78 Å². The number of ketones is 1. The zero-order valence-corrected chi connectivity index (χ0v) is 14.9. The molecule has 0 radical (unpaired) electrons. The lowest BCUT2D eigenvalue weighted by molar-refractivity contribution is -0.157. The van der Waals surface area contributed by atoms with Gasteiger partial charge in [0.2, 0.25) is 5.60 Å². The van der Waals surface area contributed by atoms with Crippen LogP contribution in [-0.4, -0.2) is 40.5 Å². The molecule has 6 heteroatoms. The summed E-state index contributed by atoms with van der Waals surface area (Å²) < 4.78 is 5.90. The summed E-state index contributed by atoms with van der Waals surface area (Å²) in [5.74, 6) is 0.330. The molecule has 1 aliphatic heterocycles. The molecule has 2 heterocycles. The van der Waals surface area contributed by atoms with Crippen LogP contribution in [0, 0.1) is 6.92 Å². The zero-order valence-electron chi connectivity index (χ0n) is 14.9. The van der Waals surface area contributed by atoms with E-state index in [2.05, 4.69) is 4.98 Å². The van der Waals surface area contributed by atoms with E-state index >= 15 is 0 Å². The molecular formula is C20H22N2O4. The van der Waals surface area contributed by atoms with E-state index in [1.807, 2.05) is 24.0 Å². The van der Waals surface area contributed by atoms with Gasteiger partial charge in [-0.05, 0) is 38.1 Å². The van der Waals surface area contributed by atoms with E-state index in [0.717, 1.165) is 11.4 Å². The number of carbonyl (C=O) groups excluding carboxylic acids is 1. The van der Waals surface area contributed by atoms with E-state index in [4.69, 9.17) is 4.74 Å². The molecular weight excluding hydrogens is 332 g/mol. The molecule has 26 heavy (non-hydrogen) atoms. The van der Waals surface area contributed by atoms with Gasteiger partial charge in [0.1, 0.15) is 11.6 Å². The van der Waals surface area contributed by atoms with Crippen molar-refractivity contribution in [3.63, 3.8) is 0 Å². The number of nitrogens with zero attached hydrogens (tertiary/aromatic N) is 2. The number of ether oxygens (including phenoxy) is 1. The van der Waals surface area contributed by atoms with Gasteiger partial charge in [-0.15, -0.1) is 0 Å². The highest BCUT2D eigenvalue weighted by atomic mass is 16.5. The molecule has 1 aromatic carbocycles. The monoisotopic (exact) mass is 354 g/mol. The second-order valence-electron chi connectivity index (χ2n) is 6.66. The number of carboxylic acid groups (broad SMARTS) is 1. The number of hydrogen-bond acceptors (Lipinski definition) is 5. The quantitative estimate of drug-likeness (QED) is 0.831. The zero-order chi connectivity index (χ0) is 18.7. The SMILES string of the molecule is CC(=O)c1ccc(N2CCC(Oc3ccc(C)cc3)(C(=O)O)CC2)nc1. The number of aromatic nitrogens is 1. The maximum absolute atomic E-state index is 11.9. The van der Waals surface area contributed by atoms with Crippen molar-refractivity contribution in [3.8, 4) is 5.75 Å². The van der Waals surface area contributed by atoms with Crippen LogP contribution in [0.15, 0.2) is 42.6 Å². The summed E-state index contributed by atoms with van der Waals surface area (Å²) in [6.07, 6.45) is 2.26. The maximum atomic E-state index is 11.9. The molecule has 0 bridgehead atoms. The van der Waals surface area contributed by atoms with Crippen molar-refractivity contribution in [2.45, 2.75) is 32.3 Å². The van der Waals surface area contributed by atoms with Crippen LogP contribution in [0.1, 0.15) is 35.7 Å². The summed E-state index contributed by atoms with van der Waals surface area (Å²) in [6, 6.07) is 10.9. The number of hydrogen-bond donors (Lipinski definition) is 1. The van der Waals surface area contributed by atoms with Gasteiger partial charge in [0.15, 0.2) is 5.78 Å². The predicted molar refractivity (Wildman–Crippen MR) is 97.9 cm³/mol. The Balaban J connectivity index is 1.71. The number of benzene rings is 1. The number of pyridine rings is 1. The van der Waals surface area contributed by atoms with E-state index in [1.165, 1.54) is 6.92 Å². The number of carboxylic acids is 1. The van der Waals surface area contributed by atoms with Crippen molar-refractivity contribution in [1.82, 2.24) is 4.98 Å². The van der Waals surface area contributed by atoms with E-state index in [0.29, 0.717) is 37.2 Å². The molecule has 6 nitrogen and oxygen atoms in total. The van der Waals surface area contributed by atoms with E-state index in [1.54, 1.807) is 30.5 Å². The molecule has 1 N–H and O–H groups in total. The number of piperidine rings is 1. The summed E-state index contributed by atoms with van der Waals surface area (Å²) in [5, 5.41) is 9.76. The number of aliphatic carboxylic acids is 1. The van der Waals surface area contributed by atoms with Gasteiger partial charge < -0.3 is 14.7 Å². The van der Waals surface area contributed by atoms with Crippen LogP contribution < -0.4 is 9.64 Å². The normalized spacial score (nSPS) is 16.2. The number of rotatable bonds is 5. The Hall–Kier alpha value is -2.89. The number of carbonyl (C=O) groups is 2. The van der Waals surface area contributed by atoms with E-state index in [-0.39, 0.29) is 5.78 Å². The van der Waals surface area contributed by atoms with E-state index < -0.39 is 11.6 Å². The lowest BCUT2D eigenvalue weighted by atomic mass is 9.91. The van der Waals surface area contributed by atoms with Gasteiger partial charge in [-0.1, -0.05) is 17.7 Å². The van der Waals surface area contributed by atoms with Gasteiger partial charge in [0.25, 0.3) is 0 Å². The minimum absolute atomic E-state index is 0.0286. The third kappa shape index (κ3) is 3.69. The molecule has 0 unspecified atom stereocenters. The van der Waals surface area contributed by atoms with Crippen LogP contribution in [0.25, 0.3) is 0 Å². The van der Waals surface area contributed by atoms with Crippen molar-refractivity contribution in [3.05, 3.63) is 53.7 Å². The second-order valence-corrected chi connectivity index (χ2v) is 6.66. The third-order valence-electron chi connectivity index (χ3n) is 4.77. The first-order chi connectivity index (χ1) is 12.4.